The van der Waals surface area contributed by atoms with Crippen molar-refractivity contribution in [3.8, 4) is 0 Å². The third-order valence-corrected chi connectivity index (χ3v) is 4.72. The van der Waals surface area contributed by atoms with Gasteiger partial charge in [0.15, 0.2) is 0 Å². The number of hydrogen-bond donors (Lipinski definition) is 4. The van der Waals surface area contributed by atoms with Gasteiger partial charge < -0.3 is 49.5 Å². The molecule has 1 atom stereocenters. The SMILES string of the molecule is CC(C)(C)OC(=O)NCCCC[C@H](NC(=O)OC(C)(C)C)C(=O)NCCOCCOCCOCCOCCC(=O)O. The van der Waals surface area contributed by atoms with Crippen molar-refractivity contribution in [2.75, 3.05) is 65.9 Å². The highest BCUT2D eigenvalue weighted by Gasteiger charge is 2.24. The molecule has 240 valence electrons. The van der Waals surface area contributed by atoms with Gasteiger partial charge in [0.1, 0.15) is 17.2 Å². The lowest BCUT2D eigenvalue weighted by atomic mass is 10.1. The van der Waals surface area contributed by atoms with Crippen LogP contribution in [-0.4, -0.2) is 112 Å². The summed E-state index contributed by atoms with van der Waals surface area (Å²) in [4.78, 5) is 47.1. The Labute approximate surface area is 243 Å². The smallest absolute Gasteiger partial charge is 0.408 e. The maximum Gasteiger partial charge on any atom is 0.408 e. The van der Waals surface area contributed by atoms with Crippen molar-refractivity contribution < 1.29 is 52.7 Å². The van der Waals surface area contributed by atoms with Gasteiger partial charge in [-0.05, 0) is 60.8 Å². The Morgan fingerprint density at radius 3 is 1.63 bits per heavy atom. The molecule has 0 heterocycles. The van der Waals surface area contributed by atoms with Gasteiger partial charge in [0.05, 0.1) is 59.3 Å². The van der Waals surface area contributed by atoms with Crippen molar-refractivity contribution in [2.45, 2.75) is 84.5 Å². The molecule has 14 heteroatoms. The normalized spacial score (nSPS) is 12.3. The lowest BCUT2D eigenvalue weighted by Crippen LogP contribution is -2.48. The molecule has 0 saturated carbocycles. The number of rotatable bonds is 22. The number of carbonyl (C=O) groups excluding carboxylic acids is 3. The quantitative estimate of drug-likeness (QED) is 0.135. The third kappa shape index (κ3) is 27.3. The topological polar surface area (TPSA) is 180 Å². The predicted octanol–water partition coefficient (Wildman–Crippen LogP) is 2.23. The van der Waals surface area contributed by atoms with Crippen LogP contribution in [0.5, 0.6) is 0 Å². The number of amides is 3. The first-order valence-electron chi connectivity index (χ1n) is 14.0. The number of carboxylic acids is 1. The van der Waals surface area contributed by atoms with Crippen molar-refractivity contribution in [1.82, 2.24) is 16.0 Å². The van der Waals surface area contributed by atoms with E-state index in [-0.39, 0.29) is 32.1 Å². The number of carboxylic acid groups (broad SMARTS) is 1. The van der Waals surface area contributed by atoms with E-state index in [2.05, 4.69) is 16.0 Å². The molecule has 3 amide bonds. The lowest BCUT2D eigenvalue weighted by molar-refractivity contribution is -0.138. The molecule has 0 spiro atoms. The van der Waals surface area contributed by atoms with E-state index in [4.69, 9.17) is 33.5 Å². The molecule has 0 aliphatic heterocycles. The first-order valence-corrected chi connectivity index (χ1v) is 14.0. The van der Waals surface area contributed by atoms with E-state index in [0.29, 0.717) is 65.4 Å². The van der Waals surface area contributed by atoms with Crippen molar-refractivity contribution in [2.24, 2.45) is 0 Å². The Morgan fingerprint density at radius 1 is 0.634 bits per heavy atom. The fourth-order valence-electron chi connectivity index (χ4n) is 2.99. The van der Waals surface area contributed by atoms with Crippen LogP contribution < -0.4 is 16.0 Å². The number of ether oxygens (including phenoxy) is 6. The van der Waals surface area contributed by atoms with Gasteiger partial charge in [0.2, 0.25) is 5.91 Å². The minimum Gasteiger partial charge on any atom is -0.481 e. The van der Waals surface area contributed by atoms with E-state index in [1.54, 1.807) is 41.5 Å². The molecule has 0 aliphatic rings. The molecule has 0 aromatic rings. The zero-order valence-electron chi connectivity index (χ0n) is 25.5. The molecule has 0 bridgehead atoms. The molecule has 0 aromatic carbocycles. The monoisotopic (exact) mass is 593 g/mol. The molecule has 0 radical (unpaired) electrons. The summed E-state index contributed by atoms with van der Waals surface area (Å²) in [5.41, 5.74) is -1.29. The largest absolute Gasteiger partial charge is 0.481 e. The summed E-state index contributed by atoms with van der Waals surface area (Å²) in [6.07, 6.45) is 0.285. The summed E-state index contributed by atoms with van der Waals surface area (Å²) in [7, 11) is 0. The van der Waals surface area contributed by atoms with Gasteiger partial charge in [0, 0.05) is 13.1 Å². The molecule has 14 nitrogen and oxygen atoms in total. The van der Waals surface area contributed by atoms with Gasteiger partial charge in [-0.1, -0.05) is 0 Å². The first kappa shape index (κ1) is 38.3. The fourth-order valence-corrected chi connectivity index (χ4v) is 2.99. The third-order valence-electron chi connectivity index (χ3n) is 4.72. The molecule has 0 saturated heterocycles. The molecule has 0 unspecified atom stereocenters. The van der Waals surface area contributed by atoms with E-state index < -0.39 is 35.4 Å². The van der Waals surface area contributed by atoms with E-state index >= 15 is 0 Å². The maximum absolute atomic E-state index is 12.7. The summed E-state index contributed by atoms with van der Waals surface area (Å²) in [6, 6.07) is -0.808. The summed E-state index contributed by atoms with van der Waals surface area (Å²) in [5.74, 6) is -1.26. The van der Waals surface area contributed by atoms with Crippen molar-refractivity contribution in [3.05, 3.63) is 0 Å². The number of alkyl carbamates (subject to hydrolysis) is 2. The zero-order valence-corrected chi connectivity index (χ0v) is 25.5. The fraction of sp³-hybridized carbons (Fsp3) is 0.852. The second-order valence-corrected chi connectivity index (χ2v) is 11.0. The van der Waals surface area contributed by atoms with Crippen LogP contribution in [0.15, 0.2) is 0 Å². The Kier molecular flexibility index (Phi) is 20.5. The van der Waals surface area contributed by atoms with Crippen LogP contribution in [-0.2, 0) is 38.0 Å². The van der Waals surface area contributed by atoms with Crippen LogP contribution in [0.1, 0.15) is 67.2 Å². The molecular weight excluding hydrogens is 542 g/mol. The van der Waals surface area contributed by atoms with Crippen molar-refractivity contribution in [3.63, 3.8) is 0 Å². The number of nitrogens with one attached hydrogen (secondary N) is 3. The number of unbranched alkanes of at least 4 members (excludes halogenated alkanes) is 1. The zero-order chi connectivity index (χ0) is 31.2. The van der Waals surface area contributed by atoms with Crippen molar-refractivity contribution >= 4 is 24.1 Å². The van der Waals surface area contributed by atoms with Gasteiger partial charge in [-0.3, -0.25) is 9.59 Å². The van der Waals surface area contributed by atoms with Gasteiger partial charge in [-0.15, -0.1) is 0 Å². The van der Waals surface area contributed by atoms with E-state index in [1.807, 2.05) is 0 Å². The Hall–Kier alpha value is -2.68. The highest BCUT2D eigenvalue weighted by Crippen LogP contribution is 2.09. The number of aliphatic carboxylic acids is 1. The molecular formula is C27H51N3O11. The second kappa shape index (κ2) is 22.0. The van der Waals surface area contributed by atoms with Crippen LogP contribution in [0.2, 0.25) is 0 Å². The van der Waals surface area contributed by atoms with Crippen LogP contribution in [0.4, 0.5) is 9.59 Å². The molecule has 0 aromatic heterocycles. The lowest BCUT2D eigenvalue weighted by Gasteiger charge is -2.23. The van der Waals surface area contributed by atoms with Crippen LogP contribution in [0.25, 0.3) is 0 Å². The Balaban J connectivity index is 4.15. The maximum atomic E-state index is 12.7. The minimum atomic E-state index is -0.901. The average Bonchev–Trinajstić information content (AvgIpc) is 2.82. The molecule has 0 fully saturated rings. The van der Waals surface area contributed by atoms with Crippen molar-refractivity contribution in [1.29, 1.82) is 0 Å². The van der Waals surface area contributed by atoms with E-state index in [1.165, 1.54) is 0 Å². The Morgan fingerprint density at radius 2 is 1.12 bits per heavy atom. The standard InChI is InChI=1S/C27H51N3O11/c1-26(2,3)40-24(34)29-11-8-7-9-21(30-25(35)41-27(4,5)6)23(33)28-12-14-37-16-18-39-20-19-38-17-15-36-13-10-22(31)32/h21H,7-20H2,1-6H3,(H,28,33)(H,29,34)(H,30,35)(H,31,32)/t21-/m0/s1. The van der Waals surface area contributed by atoms with Crippen LogP contribution in [0.3, 0.4) is 0 Å². The minimum absolute atomic E-state index is 0.0347. The highest BCUT2D eigenvalue weighted by molar-refractivity contribution is 5.85. The first-order chi connectivity index (χ1) is 19.2. The van der Waals surface area contributed by atoms with Gasteiger partial charge in [-0.2, -0.15) is 0 Å². The summed E-state index contributed by atoms with van der Waals surface area (Å²) in [5, 5.41) is 16.5. The molecule has 0 rings (SSSR count). The van der Waals surface area contributed by atoms with E-state index in [0.717, 1.165) is 0 Å². The van der Waals surface area contributed by atoms with Crippen LogP contribution >= 0.6 is 0 Å². The second-order valence-electron chi connectivity index (χ2n) is 11.0. The van der Waals surface area contributed by atoms with Gasteiger partial charge in [0.25, 0.3) is 0 Å². The van der Waals surface area contributed by atoms with Gasteiger partial charge >= 0.3 is 18.2 Å². The van der Waals surface area contributed by atoms with Crippen LogP contribution in [0, 0.1) is 0 Å². The predicted molar refractivity (Wildman–Crippen MR) is 150 cm³/mol. The summed E-state index contributed by atoms with van der Waals surface area (Å²) in [6.45, 7) is 13.7. The van der Waals surface area contributed by atoms with Gasteiger partial charge in [-0.25, -0.2) is 9.59 Å². The highest BCUT2D eigenvalue weighted by atomic mass is 16.6. The summed E-state index contributed by atoms with van der Waals surface area (Å²) >= 11 is 0. The summed E-state index contributed by atoms with van der Waals surface area (Å²) < 4.78 is 31.7. The molecule has 0 aliphatic carbocycles. The molecule has 41 heavy (non-hydrogen) atoms. The van der Waals surface area contributed by atoms with E-state index in [9.17, 15) is 19.2 Å². The average molecular weight is 594 g/mol. The molecule has 4 N–H and O–H groups in total. The number of hydrogen-bond acceptors (Lipinski definition) is 10. The Bertz CT molecular complexity index is 752. The number of carbonyl (C=O) groups is 4.